The van der Waals surface area contributed by atoms with Crippen molar-refractivity contribution in [2.75, 3.05) is 7.11 Å². The van der Waals surface area contributed by atoms with Gasteiger partial charge in [0.05, 0.1) is 19.1 Å². The van der Waals surface area contributed by atoms with Crippen molar-refractivity contribution >= 4 is 0 Å². The second kappa shape index (κ2) is 7.70. The molecule has 0 bridgehead atoms. The fourth-order valence-electron chi connectivity index (χ4n) is 2.88. The third-order valence-electron chi connectivity index (χ3n) is 4.33. The van der Waals surface area contributed by atoms with Gasteiger partial charge in [-0.25, -0.2) is 9.97 Å². The van der Waals surface area contributed by atoms with Gasteiger partial charge < -0.3 is 9.15 Å². The standard InChI is InChI=1S/C20H12F6N4O2/c1-31-12-5-2-4-11(8-12)13-10-17(20(24,25)26)30(29-13)18-27-14(15-6-3-7-32-15)9-16(28-18)19(21,22)23/h2-10H,1H3. The second-order valence-electron chi connectivity index (χ2n) is 6.47. The number of furan rings is 1. The molecule has 6 nitrogen and oxygen atoms in total. The van der Waals surface area contributed by atoms with Gasteiger partial charge in [-0.05, 0) is 36.4 Å². The molecule has 3 heterocycles. The number of halogens is 6. The fraction of sp³-hybridized carbons (Fsp3) is 0.150. The average Bonchev–Trinajstić information content (AvgIpc) is 3.43. The molecule has 0 spiro atoms. The van der Waals surface area contributed by atoms with Crippen LogP contribution >= 0.6 is 0 Å². The number of ether oxygens (including phenoxy) is 1. The van der Waals surface area contributed by atoms with Gasteiger partial charge in [0, 0.05) is 5.56 Å². The van der Waals surface area contributed by atoms with E-state index in [0.29, 0.717) is 17.9 Å². The van der Waals surface area contributed by atoms with E-state index in [4.69, 9.17) is 9.15 Å². The number of aromatic nitrogens is 4. The predicted octanol–water partition coefficient (Wildman–Crippen LogP) is 5.64. The molecule has 1 aromatic carbocycles. The first-order chi connectivity index (χ1) is 15.1. The molecule has 3 aromatic heterocycles. The molecule has 4 rings (SSSR count). The van der Waals surface area contributed by atoms with Gasteiger partial charge >= 0.3 is 12.4 Å². The highest BCUT2D eigenvalue weighted by molar-refractivity contribution is 5.62. The lowest BCUT2D eigenvalue weighted by molar-refractivity contribution is -0.143. The van der Waals surface area contributed by atoms with Gasteiger partial charge in [-0.3, -0.25) is 0 Å². The maximum atomic E-state index is 13.7. The smallest absolute Gasteiger partial charge is 0.433 e. The Morgan fingerprint density at radius 3 is 2.28 bits per heavy atom. The number of alkyl halides is 6. The number of nitrogens with zero attached hydrogens (tertiary/aromatic N) is 4. The van der Waals surface area contributed by atoms with E-state index in [9.17, 15) is 26.3 Å². The molecule has 0 aliphatic rings. The van der Waals surface area contributed by atoms with E-state index < -0.39 is 29.7 Å². The molecule has 166 valence electrons. The summed E-state index contributed by atoms with van der Waals surface area (Å²) in [5, 5.41) is 3.86. The molecule has 0 saturated carbocycles. The van der Waals surface area contributed by atoms with Crippen molar-refractivity contribution in [1.82, 2.24) is 19.7 Å². The zero-order chi connectivity index (χ0) is 23.1. The molecule has 12 heteroatoms. The number of benzene rings is 1. The Hall–Kier alpha value is -3.83. The lowest BCUT2D eigenvalue weighted by Crippen LogP contribution is -2.18. The SMILES string of the molecule is COc1cccc(-c2cc(C(F)(F)F)n(-c3nc(-c4ccco4)cc(C(F)(F)F)n3)n2)c1. The van der Waals surface area contributed by atoms with E-state index in [1.165, 1.54) is 43.7 Å². The van der Waals surface area contributed by atoms with Gasteiger partial charge in [0.15, 0.2) is 17.1 Å². The van der Waals surface area contributed by atoms with E-state index >= 15 is 0 Å². The van der Waals surface area contributed by atoms with Crippen molar-refractivity contribution in [3.8, 4) is 34.4 Å². The van der Waals surface area contributed by atoms with E-state index in [0.717, 1.165) is 0 Å². The van der Waals surface area contributed by atoms with Crippen LogP contribution < -0.4 is 4.74 Å². The van der Waals surface area contributed by atoms with Crippen molar-refractivity contribution in [2.24, 2.45) is 0 Å². The van der Waals surface area contributed by atoms with Gasteiger partial charge in [-0.2, -0.15) is 36.1 Å². The number of methoxy groups -OCH3 is 1. The third kappa shape index (κ3) is 4.15. The van der Waals surface area contributed by atoms with Crippen LogP contribution in [0, 0.1) is 0 Å². The van der Waals surface area contributed by atoms with Crippen LogP contribution in [-0.2, 0) is 12.4 Å². The number of hydrogen-bond donors (Lipinski definition) is 0. The van der Waals surface area contributed by atoms with Crippen molar-refractivity contribution in [2.45, 2.75) is 12.4 Å². The molecule has 0 amide bonds. The summed E-state index contributed by atoms with van der Waals surface area (Å²) in [5.74, 6) is -0.624. The molecule has 0 aliphatic carbocycles. The van der Waals surface area contributed by atoms with Crippen molar-refractivity contribution in [3.63, 3.8) is 0 Å². The first-order valence-corrected chi connectivity index (χ1v) is 8.88. The molecule has 0 N–H and O–H groups in total. The van der Waals surface area contributed by atoms with Crippen LogP contribution in [0.15, 0.2) is 59.2 Å². The van der Waals surface area contributed by atoms with Gasteiger partial charge in [-0.1, -0.05) is 12.1 Å². The second-order valence-corrected chi connectivity index (χ2v) is 6.47. The molecule has 0 fully saturated rings. The first-order valence-electron chi connectivity index (χ1n) is 8.88. The molecule has 4 aromatic rings. The van der Waals surface area contributed by atoms with Crippen LogP contribution in [0.3, 0.4) is 0 Å². The largest absolute Gasteiger partial charge is 0.497 e. The molecule has 0 radical (unpaired) electrons. The van der Waals surface area contributed by atoms with Gasteiger partial charge in [0.25, 0.3) is 5.95 Å². The quantitative estimate of drug-likeness (QED) is 0.374. The summed E-state index contributed by atoms with van der Waals surface area (Å²) < 4.78 is 91.8. The third-order valence-corrected chi connectivity index (χ3v) is 4.33. The zero-order valence-electron chi connectivity index (χ0n) is 16.1. The summed E-state index contributed by atoms with van der Waals surface area (Å²) in [6, 6.07) is 10.0. The minimum atomic E-state index is -4.95. The average molecular weight is 454 g/mol. The van der Waals surface area contributed by atoms with Crippen LogP contribution in [0.5, 0.6) is 5.75 Å². The Labute approximate surface area is 176 Å². The molecular formula is C20H12F6N4O2. The lowest BCUT2D eigenvalue weighted by Gasteiger charge is -2.12. The van der Waals surface area contributed by atoms with Gasteiger partial charge in [0.2, 0.25) is 0 Å². The van der Waals surface area contributed by atoms with E-state index in [-0.39, 0.29) is 27.4 Å². The lowest BCUT2D eigenvalue weighted by atomic mass is 10.1. The van der Waals surface area contributed by atoms with Crippen molar-refractivity contribution < 1.29 is 35.5 Å². The highest BCUT2D eigenvalue weighted by Gasteiger charge is 2.39. The Morgan fingerprint density at radius 2 is 1.66 bits per heavy atom. The first kappa shape index (κ1) is 21.4. The highest BCUT2D eigenvalue weighted by Crippen LogP contribution is 2.36. The van der Waals surface area contributed by atoms with Crippen LogP contribution in [0.1, 0.15) is 11.4 Å². The Balaban J connectivity index is 1.94. The molecule has 0 atom stereocenters. The highest BCUT2D eigenvalue weighted by atomic mass is 19.4. The van der Waals surface area contributed by atoms with Crippen LogP contribution in [0.2, 0.25) is 0 Å². The summed E-state index contributed by atoms with van der Waals surface area (Å²) in [4.78, 5) is 7.14. The van der Waals surface area contributed by atoms with Crippen molar-refractivity contribution in [1.29, 1.82) is 0 Å². The van der Waals surface area contributed by atoms with E-state index in [1.807, 2.05) is 0 Å². The maximum Gasteiger partial charge on any atom is 0.433 e. The fourth-order valence-corrected chi connectivity index (χ4v) is 2.88. The van der Waals surface area contributed by atoms with Crippen LogP contribution in [-0.4, -0.2) is 26.9 Å². The topological polar surface area (TPSA) is 66.0 Å². The predicted molar refractivity (Wildman–Crippen MR) is 98.8 cm³/mol. The van der Waals surface area contributed by atoms with Gasteiger partial charge in [-0.15, -0.1) is 0 Å². The summed E-state index contributed by atoms with van der Waals surface area (Å²) in [5.41, 5.74) is -3.04. The minimum Gasteiger partial charge on any atom is -0.497 e. The molecular weight excluding hydrogens is 442 g/mol. The monoisotopic (exact) mass is 454 g/mol. The minimum absolute atomic E-state index is 0.0760. The number of hydrogen-bond acceptors (Lipinski definition) is 5. The normalized spacial score (nSPS) is 12.2. The molecule has 0 aliphatic heterocycles. The van der Waals surface area contributed by atoms with E-state index in [1.54, 1.807) is 6.07 Å². The molecule has 0 unspecified atom stereocenters. The maximum absolute atomic E-state index is 13.7. The molecule has 32 heavy (non-hydrogen) atoms. The Bertz CT molecular complexity index is 1250. The van der Waals surface area contributed by atoms with E-state index in [2.05, 4.69) is 15.1 Å². The number of rotatable bonds is 4. The Kier molecular flexibility index (Phi) is 5.15. The summed E-state index contributed by atoms with van der Waals surface area (Å²) in [7, 11) is 1.38. The van der Waals surface area contributed by atoms with Crippen molar-refractivity contribution in [3.05, 3.63) is 66.2 Å². The van der Waals surface area contributed by atoms with Gasteiger partial charge in [0.1, 0.15) is 11.4 Å². The summed E-state index contributed by atoms with van der Waals surface area (Å²) in [6.07, 6.45) is -8.70. The summed E-state index contributed by atoms with van der Waals surface area (Å²) >= 11 is 0. The molecule has 0 saturated heterocycles. The van der Waals surface area contributed by atoms with Crippen LogP contribution in [0.25, 0.3) is 28.7 Å². The Morgan fingerprint density at radius 1 is 0.875 bits per heavy atom. The summed E-state index contributed by atoms with van der Waals surface area (Å²) in [6.45, 7) is 0. The van der Waals surface area contributed by atoms with Crippen LogP contribution in [0.4, 0.5) is 26.3 Å². The zero-order valence-corrected chi connectivity index (χ0v) is 16.1.